The third kappa shape index (κ3) is 2.79. The molecule has 1 fully saturated rings. The number of aryl methyl sites for hydroxylation is 2. The van der Waals surface area contributed by atoms with Crippen molar-refractivity contribution in [2.24, 2.45) is 7.05 Å². The number of hydrogen-bond donors (Lipinski definition) is 1. The lowest BCUT2D eigenvalue weighted by Gasteiger charge is -2.32. The number of carbonyl (C=O) groups excluding carboxylic acids is 1. The van der Waals surface area contributed by atoms with E-state index in [0.29, 0.717) is 13.1 Å². The fourth-order valence-electron chi connectivity index (χ4n) is 3.01. The second-order valence-corrected chi connectivity index (χ2v) is 5.75. The maximum absolute atomic E-state index is 12.5. The summed E-state index contributed by atoms with van der Waals surface area (Å²) < 4.78 is 2.03. The van der Waals surface area contributed by atoms with E-state index in [4.69, 9.17) is 0 Å². The molecule has 2 aromatic rings. The van der Waals surface area contributed by atoms with Gasteiger partial charge in [-0.3, -0.25) is 9.59 Å². The Morgan fingerprint density at radius 3 is 2.86 bits per heavy atom. The molecule has 1 aliphatic rings. The number of nitrogens with zero attached hydrogens (tertiary/aromatic N) is 4. The third-order valence-electron chi connectivity index (χ3n) is 4.00. The summed E-state index contributed by atoms with van der Waals surface area (Å²) in [5, 5.41) is 6.13. The van der Waals surface area contributed by atoms with Crippen LogP contribution < -0.4 is 5.56 Å². The van der Waals surface area contributed by atoms with Gasteiger partial charge in [0, 0.05) is 38.3 Å². The lowest BCUT2D eigenvalue weighted by Crippen LogP contribution is -2.40. The van der Waals surface area contributed by atoms with Gasteiger partial charge < -0.3 is 9.47 Å². The first-order valence-electron chi connectivity index (χ1n) is 7.39. The third-order valence-corrected chi connectivity index (χ3v) is 4.00. The summed E-state index contributed by atoms with van der Waals surface area (Å²) in [5.74, 6) is 1.11. The highest BCUT2D eigenvalue weighted by atomic mass is 16.2. The molecule has 1 atom stereocenters. The molecule has 0 aliphatic carbocycles. The van der Waals surface area contributed by atoms with Gasteiger partial charge in [0.05, 0.1) is 5.69 Å². The Balaban J connectivity index is 1.78. The van der Waals surface area contributed by atoms with Crippen LogP contribution in [0.3, 0.4) is 0 Å². The Morgan fingerprint density at radius 1 is 1.41 bits per heavy atom. The topological polar surface area (TPSA) is 83.9 Å². The van der Waals surface area contributed by atoms with E-state index in [1.807, 2.05) is 24.7 Å². The number of likely N-dealkylation sites (tertiary alicyclic amines) is 1. The van der Waals surface area contributed by atoms with Crippen LogP contribution >= 0.6 is 0 Å². The van der Waals surface area contributed by atoms with Crippen LogP contribution in [-0.4, -0.2) is 43.6 Å². The molecule has 0 unspecified atom stereocenters. The highest BCUT2D eigenvalue weighted by Crippen LogP contribution is 2.26. The molecule has 1 N–H and O–H groups in total. The number of aromatic nitrogens is 4. The Hall–Kier alpha value is -2.44. The Kier molecular flexibility index (Phi) is 3.79. The van der Waals surface area contributed by atoms with Crippen LogP contribution in [0.15, 0.2) is 23.1 Å². The summed E-state index contributed by atoms with van der Waals surface area (Å²) in [6, 6.07) is 2.79. The molecular weight excluding hydrogens is 282 g/mol. The minimum Gasteiger partial charge on any atom is -0.337 e. The van der Waals surface area contributed by atoms with Crippen molar-refractivity contribution in [3.63, 3.8) is 0 Å². The number of piperidine rings is 1. The zero-order valence-electron chi connectivity index (χ0n) is 12.7. The molecule has 3 heterocycles. The van der Waals surface area contributed by atoms with Crippen molar-refractivity contribution in [2.75, 3.05) is 13.1 Å². The van der Waals surface area contributed by atoms with E-state index in [1.165, 1.54) is 12.1 Å². The summed E-state index contributed by atoms with van der Waals surface area (Å²) in [7, 11) is 1.99. The van der Waals surface area contributed by atoms with Crippen molar-refractivity contribution in [1.29, 1.82) is 0 Å². The zero-order chi connectivity index (χ0) is 15.7. The van der Waals surface area contributed by atoms with E-state index in [9.17, 15) is 9.59 Å². The number of H-pyrrole nitrogens is 1. The summed E-state index contributed by atoms with van der Waals surface area (Å²) in [6.45, 7) is 3.31. The van der Waals surface area contributed by atoms with Gasteiger partial charge in [-0.15, -0.1) is 0 Å². The summed E-state index contributed by atoms with van der Waals surface area (Å²) in [4.78, 5) is 29.9. The monoisotopic (exact) mass is 301 g/mol. The summed E-state index contributed by atoms with van der Waals surface area (Å²) in [5.41, 5.74) is 0.955. The molecule has 0 spiro atoms. The normalized spacial score (nSPS) is 18.5. The van der Waals surface area contributed by atoms with Gasteiger partial charge in [-0.25, -0.2) is 10.1 Å². The number of carbonyl (C=O) groups is 1. The smallest absolute Gasteiger partial charge is 0.274 e. The van der Waals surface area contributed by atoms with Gasteiger partial charge in [-0.2, -0.15) is 5.10 Å². The molecule has 7 nitrogen and oxygen atoms in total. The van der Waals surface area contributed by atoms with E-state index in [0.717, 1.165) is 24.4 Å². The molecular formula is C15H19N5O2. The van der Waals surface area contributed by atoms with Gasteiger partial charge in [0.25, 0.3) is 11.5 Å². The molecule has 1 aliphatic heterocycles. The van der Waals surface area contributed by atoms with Crippen LogP contribution in [0.5, 0.6) is 0 Å². The van der Waals surface area contributed by atoms with E-state index in [2.05, 4.69) is 15.2 Å². The largest absolute Gasteiger partial charge is 0.337 e. The van der Waals surface area contributed by atoms with Crippen molar-refractivity contribution in [1.82, 2.24) is 24.6 Å². The van der Waals surface area contributed by atoms with E-state index in [1.54, 1.807) is 4.90 Å². The van der Waals surface area contributed by atoms with Gasteiger partial charge in [0.1, 0.15) is 11.5 Å². The highest BCUT2D eigenvalue weighted by molar-refractivity contribution is 5.92. The molecule has 1 saturated heterocycles. The van der Waals surface area contributed by atoms with Crippen molar-refractivity contribution >= 4 is 5.91 Å². The highest BCUT2D eigenvalue weighted by Gasteiger charge is 2.28. The molecule has 2 aromatic heterocycles. The number of rotatable bonds is 2. The van der Waals surface area contributed by atoms with Gasteiger partial charge in [-0.1, -0.05) is 0 Å². The zero-order valence-corrected chi connectivity index (χ0v) is 12.7. The van der Waals surface area contributed by atoms with Crippen LogP contribution in [0.4, 0.5) is 0 Å². The fraction of sp³-hybridized carbons (Fsp3) is 0.467. The minimum atomic E-state index is -0.309. The van der Waals surface area contributed by atoms with Gasteiger partial charge in [-0.05, 0) is 25.8 Å². The second kappa shape index (κ2) is 5.75. The Labute approximate surface area is 128 Å². The molecule has 0 bridgehead atoms. The van der Waals surface area contributed by atoms with Crippen molar-refractivity contribution in [2.45, 2.75) is 25.7 Å². The van der Waals surface area contributed by atoms with Gasteiger partial charge >= 0.3 is 0 Å². The summed E-state index contributed by atoms with van der Waals surface area (Å²) >= 11 is 0. The maximum atomic E-state index is 12.5. The molecule has 3 rings (SSSR count). The standard InChI is InChI=1S/C15H19N5O2/c1-10-8-19(2)14(16-10)11-4-3-7-20(9-11)15(22)12-5-6-13(21)18-17-12/h5-6,8,11H,3-4,7,9H2,1-2H3,(H,18,21)/t11-/m1/s1. The van der Waals surface area contributed by atoms with Crippen LogP contribution in [0.25, 0.3) is 0 Å². The second-order valence-electron chi connectivity index (χ2n) is 5.75. The van der Waals surface area contributed by atoms with Crippen molar-refractivity contribution < 1.29 is 4.79 Å². The average molecular weight is 301 g/mol. The number of imidazole rings is 1. The van der Waals surface area contributed by atoms with E-state index < -0.39 is 0 Å². The van der Waals surface area contributed by atoms with Crippen LogP contribution in [0, 0.1) is 6.92 Å². The Bertz CT molecular complexity index is 728. The van der Waals surface area contributed by atoms with E-state index >= 15 is 0 Å². The number of amides is 1. The molecule has 7 heteroatoms. The van der Waals surface area contributed by atoms with Crippen LogP contribution in [-0.2, 0) is 7.05 Å². The SMILES string of the molecule is Cc1cn(C)c([C@@H]2CCCN(C(=O)c3ccc(=O)[nH]n3)C2)n1. The maximum Gasteiger partial charge on any atom is 0.274 e. The lowest BCUT2D eigenvalue weighted by molar-refractivity contribution is 0.0696. The van der Waals surface area contributed by atoms with Crippen LogP contribution in [0.1, 0.15) is 40.8 Å². The molecule has 22 heavy (non-hydrogen) atoms. The Morgan fingerprint density at radius 2 is 2.23 bits per heavy atom. The molecule has 0 aromatic carbocycles. The van der Waals surface area contributed by atoms with Crippen molar-refractivity contribution in [3.05, 3.63) is 45.9 Å². The van der Waals surface area contributed by atoms with E-state index in [-0.39, 0.29) is 23.1 Å². The number of nitrogens with one attached hydrogen (secondary N) is 1. The quantitative estimate of drug-likeness (QED) is 0.890. The first-order chi connectivity index (χ1) is 10.5. The van der Waals surface area contributed by atoms with Gasteiger partial charge in [0.15, 0.2) is 0 Å². The fourth-order valence-corrected chi connectivity index (χ4v) is 3.01. The molecule has 116 valence electrons. The lowest BCUT2D eigenvalue weighted by atomic mass is 9.97. The van der Waals surface area contributed by atoms with Crippen molar-refractivity contribution in [3.8, 4) is 0 Å². The number of hydrogen-bond acceptors (Lipinski definition) is 4. The minimum absolute atomic E-state index is 0.146. The first-order valence-corrected chi connectivity index (χ1v) is 7.39. The van der Waals surface area contributed by atoms with Crippen LogP contribution in [0.2, 0.25) is 0 Å². The molecule has 0 radical (unpaired) electrons. The molecule has 1 amide bonds. The number of aromatic amines is 1. The average Bonchev–Trinajstić information content (AvgIpc) is 2.86. The summed E-state index contributed by atoms with van der Waals surface area (Å²) in [6.07, 6.45) is 3.96. The predicted octanol–water partition coefficient (Wildman–Crippen LogP) is 0.832. The first kappa shape index (κ1) is 14.5. The molecule has 0 saturated carbocycles. The predicted molar refractivity (Wildman–Crippen MR) is 80.7 cm³/mol. The van der Waals surface area contributed by atoms with Gasteiger partial charge in [0.2, 0.25) is 0 Å².